The van der Waals surface area contributed by atoms with Crippen LogP contribution in [0.1, 0.15) is 24.8 Å². The van der Waals surface area contributed by atoms with Gasteiger partial charge in [0.15, 0.2) is 0 Å². The fourth-order valence-electron chi connectivity index (χ4n) is 1.35. The number of unbranched alkanes of at least 4 members (excludes halogenated alkanes) is 1. The van der Waals surface area contributed by atoms with Gasteiger partial charge in [0.25, 0.3) is 0 Å². The molecule has 0 radical (unpaired) electrons. The molecule has 0 bridgehead atoms. The molecule has 0 unspecified atom stereocenters. The van der Waals surface area contributed by atoms with Gasteiger partial charge in [0.2, 0.25) is 5.95 Å². The van der Waals surface area contributed by atoms with Crippen molar-refractivity contribution in [2.24, 2.45) is 5.84 Å². The van der Waals surface area contributed by atoms with Crippen LogP contribution in [0.5, 0.6) is 0 Å². The van der Waals surface area contributed by atoms with E-state index in [0.717, 1.165) is 5.56 Å². The van der Waals surface area contributed by atoms with E-state index in [4.69, 9.17) is 5.84 Å². The van der Waals surface area contributed by atoms with Crippen molar-refractivity contribution in [2.45, 2.75) is 32.4 Å². The monoisotopic (exact) mass is 263 g/mol. The molecule has 1 aromatic heterocycles. The van der Waals surface area contributed by atoms with E-state index in [-0.39, 0.29) is 12.4 Å². The van der Waals surface area contributed by atoms with Crippen LogP contribution in [0.2, 0.25) is 0 Å². The third-order valence-corrected chi connectivity index (χ3v) is 2.28. The van der Waals surface area contributed by atoms with Gasteiger partial charge in [-0.2, -0.15) is 18.2 Å². The van der Waals surface area contributed by atoms with E-state index in [9.17, 15) is 13.2 Å². The van der Waals surface area contributed by atoms with E-state index in [1.807, 2.05) is 0 Å². The van der Waals surface area contributed by atoms with Gasteiger partial charge in [0.05, 0.1) is 0 Å². The average molecular weight is 263 g/mol. The molecule has 0 atom stereocenters. The van der Waals surface area contributed by atoms with Crippen LogP contribution >= 0.6 is 0 Å². The van der Waals surface area contributed by atoms with E-state index in [1.54, 1.807) is 13.1 Å². The fourth-order valence-corrected chi connectivity index (χ4v) is 1.35. The molecule has 0 spiro atoms. The van der Waals surface area contributed by atoms with Crippen LogP contribution < -0.4 is 16.6 Å². The quantitative estimate of drug-likeness (QED) is 0.417. The fraction of sp³-hybridized carbons (Fsp3) is 0.600. The normalized spacial score (nSPS) is 11.4. The van der Waals surface area contributed by atoms with Gasteiger partial charge in [-0.15, -0.1) is 0 Å². The Bertz CT molecular complexity index is 380. The SMILES string of the molecule is Cc1cnc(NN)nc1NCCCCC(F)(F)F. The maximum Gasteiger partial charge on any atom is 0.389 e. The van der Waals surface area contributed by atoms with Gasteiger partial charge in [-0.3, -0.25) is 5.43 Å². The van der Waals surface area contributed by atoms with Gasteiger partial charge < -0.3 is 5.32 Å². The average Bonchev–Trinajstić information content (AvgIpc) is 2.29. The molecule has 0 aromatic carbocycles. The Morgan fingerprint density at radius 2 is 2.06 bits per heavy atom. The zero-order chi connectivity index (χ0) is 13.6. The maximum absolute atomic E-state index is 11.9. The van der Waals surface area contributed by atoms with Crippen molar-refractivity contribution in [3.63, 3.8) is 0 Å². The van der Waals surface area contributed by atoms with Crippen molar-refractivity contribution in [3.05, 3.63) is 11.8 Å². The number of hydrogen-bond acceptors (Lipinski definition) is 5. The number of halogens is 3. The van der Waals surface area contributed by atoms with Crippen LogP contribution in [0.25, 0.3) is 0 Å². The molecule has 1 heterocycles. The second-order valence-electron chi connectivity index (χ2n) is 3.87. The smallest absolute Gasteiger partial charge is 0.370 e. The van der Waals surface area contributed by atoms with Crippen molar-refractivity contribution in [1.82, 2.24) is 9.97 Å². The highest BCUT2D eigenvalue weighted by Crippen LogP contribution is 2.22. The molecule has 0 aliphatic carbocycles. The summed E-state index contributed by atoms with van der Waals surface area (Å²) >= 11 is 0. The summed E-state index contributed by atoms with van der Waals surface area (Å²) in [5.74, 6) is 6.00. The van der Waals surface area contributed by atoms with Gasteiger partial charge in [-0.05, 0) is 19.8 Å². The minimum absolute atomic E-state index is 0.0998. The van der Waals surface area contributed by atoms with Crippen LogP contribution in [0.4, 0.5) is 24.9 Å². The van der Waals surface area contributed by atoms with Crippen LogP contribution in [0.3, 0.4) is 0 Å². The summed E-state index contributed by atoms with van der Waals surface area (Å²) < 4.78 is 35.7. The van der Waals surface area contributed by atoms with Gasteiger partial charge >= 0.3 is 6.18 Å². The Morgan fingerprint density at radius 3 is 2.67 bits per heavy atom. The predicted octanol–water partition coefficient (Wildman–Crippen LogP) is 2.22. The number of hydrazine groups is 1. The number of hydrogen-bond donors (Lipinski definition) is 3. The number of nitrogens with two attached hydrogens (primary N) is 1. The van der Waals surface area contributed by atoms with Crippen molar-refractivity contribution in [2.75, 3.05) is 17.3 Å². The van der Waals surface area contributed by atoms with Crippen molar-refractivity contribution < 1.29 is 13.2 Å². The minimum atomic E-state index is -4.08. The lowest BCUT2D eigenvalue weighted by Crippen LogP contribution is -2.13. The number of aromatic nitrogens is 2. The third kappa shape index (κ3) is 5.17. The first-order valence-electron chi connectivity index (χ1n) is 5.53. The van der Waals surface area contributed by atoms with Crippen molar-refractivity contribution >= 4 is 11.8 Å². The van der Waals surface area contributed by atoms with Crippen LogP contribution in [0.15, 0.2) is 6.20 Å². The van der Waals surface area contributed by atoms with E-state index in [1.165, 1.54) is 0 Å². The number of rotatable bonds is 6. The van der Waals surface area contributed by atoms with Crippen LogP contribution in [-0.4, -0.2) is 22.7 Å². The van der Waals surface area contributed by atoms with Crippen molar-refractivity contribution in [3.8, 4) is 0 Å². The molecule has 0 saturated carbocycles. The number of aryl methyl sites for hydroxylation is 1. The molecule has 0 saturated heterocycles. The molecule has 0 amide bonds. The first kappa shape index (κ1) is 14.5. The molecule has 8 heteroatoms. The zero-order valence-corrected chi connectivity index (χ0v) is 10.0. The van der Waals surface area contributed by atoms with Crippen molar-refractivity contribution in [1.29, 1.82) is 0 Å². The number of anilines is 2. The minimum Gasteiger partial charge on any atom is -0.370 e. The number of alkyl halides is 3. The third-order valence-electron chi connectivity index (χ3n) is 2.28. The summed E-state index contributed by atoms with van der Waals surface area (Å²) in [6.07, 6.45) is -2.73. The second-order valence-corrected chi connectivity index (χ2v) is 3.87. The molecular weight excluding hydrogens is 247 g/mol. The molecule has 0 aliphatic rings. The predicted molar refractivity (Wildman–Crippen MR) is 63.0 cm³/mol. The van der Waals surface area contributed by atoms with Crippen LogP contribution in [0, 0.1) is 6.92 Å². The highest BCUT2D eigenvalue weighted by atomic mass is 19.4. The lowest BCUT2D eigenvalue weighted by atomic mass is 10.2. The summed E-state index contributed by atoms with van der Waals surface area (Å²) in [6, 6.07) is 0. The summed E-state index contributed by atoms with van der Waals surface area (Å²) in [5.41, 5.74) is 3.12. The van der Waals surface area contributed by atoms with Gasteiger partial charge in [0, 0.05) is 24.7 Å². The summed E-state index contributed by atoms with van der Waals surface area (Å²) in [4.78, 5) is 7.95. The number of nitrogens with one attached hydrogen (secondary N) is 2. The number of nitrogens with zero attached hydrogens (tertiary/aromatic N) is 2. The standard InChI is InChI=1S/C10H16F3N5/c1-7-6-16-9(18-14)17-8(7)15-5-3-2-4-10(11,12)13/h6H,2-5,14H2,1H3,(H2,15,16,17,18). The highest BCUT2D eigenvalue weighted by Gasteiger charge is 2.25. The summed E-state index contributed by atoms with van der Waals surface area (Å²) in [6.45, 7) is 2.23. The zero-order valence-electron chi connectivity index (χ0n) is 10.0. The van der Waals surface area contributed by atoms with E-state index in [0.29, 0.717) is 18.8 Å². The molecule has 0 aliphatic heterocycles. The molecule has 0 fully saturated rings. The van der Waals surface area contributed by atoms with Crippen LogP contribution in [-0.2, 0) is 0 Å². The largest absolute Gasteiger partial charge is 0.389 e. The van der Waals surface area contributed by atoms with Gasteiger partial charge in [-0.1, -0.05) is 0 Å². The lowest BCUT2D eigenvalue weighted by Gasteiger charge is -2.10. The Labute approximate surface area is 103 Å². The summed E-state index contributed by atoms with van der Waals surface area (Å²) in [5, 5.41) is 2.96. The lowest BCUT2D eigenvalue weighted by molar-refractivity contribution is -0.135. The highest BCUT2D eigenvalue weighted by molar-refractivity contribution is 5.45. The van der Waals surface area contributed by atoms with Gasteiger partial charge in [0.1, 0.15) is 5.82 Å². The Balaban J connectivity index is 2.35. The molecule has 4 N–H and O–H groups in total. The molecule has 18 heavy (non-hydrogen) atoms. The van der Waals surface area contributed by atoms with E-state index >= 15 is 0 Å². The molecule has 1 aromatic rings. The molecule has 1 rings (SSSR count). The summed E-state index contributed by atoms with van der Waals surface area (Å²) in [7, 11) is 0. The maximum atomic E-state index is 11.9. The molecule has 102 valence electrons. The molecular formula is C10H16F3N5. The Kier molecular flexibility index (Phi) is 5.14. The van der Waals surface area contributed by atoms with E-state index in [2.05, 4.69) is 20.7 Å². The first-order valence-corrected chi connectivity index (χ1v) is 5.53. The first-order chi connectivity index (χ1) is 8.42. The van der Waals surface area contributed by atoms with E-state index < -0.39 is 12.6 Å². The topological polar surface area (TPSA) is 75.9 Å². The second kappa shape index (κ2) is 6.39. The Morgan fingerprint density at radius 1 is 1.33 bits per heavy atom. The Hall–Kier alpha value is -1.57. The molecule has 5 nitrogen and oxygen atoms in total. The number of nitrogen functional groups attached to an aromatic ring is 1. The van der Waals surface area contributed by atoms with Gasteiger partial charge in [-0.25, -0.2) is 10.8 Å².